The highest BCUT2D eigenvalue weighted by Gasteiger charge is 2.60. The number of hydrogen-bond acceptors (Lipinski definition) is 4. The fourth-order valence-electron chi connectivity index (χ4n) is 2.73. The maximum Gasteiger partial charge on any atom is 0.432 e. The van der Waals surface area contributed by atoms with E-state index in [1.807, 2.05) is 60.7 Å². The van der Waals surface area contributed by atoms with Gasteiger partial charge < -0.3 is 9.84 Å². The van der Waals surface area contributed by atoms with Crippen LogP contribution in [0, 0.1) is 0 Å². The molecule has 5 heteroatoms. The summed E-state index contributed by atoms with van der Waals surface area (Å²) < 4.78 is 5.53. The number of carbonyl (C=O) groups excluding carboxylic acids is 1. The Bertz CT molecular complexity index is 688. The Labute approximate surface area is 135 Å². The van der Waals surface area contributed by atoms with Gasteiger partial charge in [-0.05, 0) is 31.5 Å². The number of rotatable bonds is 4. The van der Waals surface area contributed by atoms with Gasteiger partial charge in [0.2, 0.25) is 0 Å². The molecule has 1 aliphatic rings. The smallest absolute Gasteiger partial charge is 0.432 e. The van der Waals surface area contributed by atoms with Gasteiger partial charge in [-0.1, -0.05) is 48.5 Å². The van der Waals surface area contributed by atoms with Crippen LogP contribution in [-0.4, -0.2) is 27.5 Å². The fraction of sp³-hybridized carbons (Fsp3) is 0.278. The number of aliphatic hydroxyl groups is 1. The number of ether oxygens (including phenoxy) is 1. The highest BCUT2D eigenvalue weighted by atomic mass is 16.6. The zero-order valence-corrected chi connectivity index (χ0v) is 13.2. The molecule has 1 fully saturated rings. The molecule has 23 heavy (non-hydrogen) atoms. The van der Waals surface area contributed by atoms with E-state index in [4.69, 9.17) is 4.74 Å². The number of hydrogen-bond donors (Lipinski definition) is 2. The molecule has 5 nitrogen and oxygen atoms in total. The molecule has 1 saturated heterocycles. The Morgan fingerprint density at radius 2 is 1.61 bits per heavy atom. The van der Waals surface area contributed by atoms with Gasteiger partial charge >= 0.3 is 6.09 Å². The van der Waals surface area contributed by atoms with Gasteiger partial charge in [-0.3, -0.25) is 5.43 Å². The third kappa shape index (κ3) is 2.75. The quantitative estimate of drug-likeness (QED) is 0.910. The Kier molecular flexibility index (Phi) is 3.74. The second-order valence-electron chi connectivity index (χ2n) is 6.10. The number of anilines is 1. The first kappa shape index (κ1) is 15.4. The Hall–Kier alpha value is -2.53. The molecule has 2 aromatic carbocycles. The first-order valence-corrected chi connectivity index (χ1v) is 7.54. The van der Waals surface area contributed by atoms with E-state index in [-0.39, 0.29) is 0 Å². The summed E-state index contributed by atoms with van der Waals surface area (Å²) in [7, 11) is 0. The molecule has 0 aliphatic carbocycles. The van der Waals surface area contributed by atoms with Crippen LogP contribution in [0.25, 0.3) is 0 Å². The zero-order valence-electron chi connectivity index (χ0n) is 13.2. The first-order chi connectivity index (χ1) is 10.9. The van der Waals surface area contributed by atoms with Crippen LogP contribution in [-0.2, 0) is 11.2 Å². The molecule has 0 aromatic heterocycles. The van der Waals surface area contributed by atoms with Crippen LogP contribution in [0.3, 0.4) is 0 Å². The summed E-state index contributed by atoms with van der Waals surface area (Å²) in [6.45, 7) is 3.32. The van der Waals surface area contributed by atoms with Gasteiger partial charge in [-0.15, -0.1) is 0 Å². The molecular weight excluding hydrogens is 292 g/mol. The third-order valence-electron chi connectivity index (χ3n) is 4.33. The van der Waals surface area contributed by atoms with Crippen molar-refractivity contribution < 1.29 is 14.6 Å². The van der Waals surface area contributed by atoms with Gasteiger partial charge in [0.05, 0.1) is 5.69 Å². The monoisotopic (exact) mass is 312 g/mol. The molecule has 2 atom stereocenters. The molecule has 1 aliphatic heterocycles. The van der Waals surface area contributed by atoms with Crippen LogP contribution in [0.1, 0.15) is 19.4 Å². The number of nitrogens with zero attached hydrogens (tertiary/aromatic N) is 1. The second kappa shape index (κ2) is 5.59. The minimum atomic E-state index is -1.50. The molecule has 0 spiro atoms. The van der Waals surface area contributed by atoms with Crippen LogP contribution < -0.4 is 5.43 Å². The molecule has 1 heterocycles. The Morgan fingerprint density at radius 1 is 1.04 bits per heavy atom. The first-order valence-electron chi connectivity index (χ1n) is 7.54. The number of cyclic esters (lactones) is 1. The molecule has 2 N–H and O–H groups in total. The number of hydrazine groups is 1. The molecule has 0 saturated carbocycles. The number of para-hydroxylation sites is 1. The van der Waals surface area contributed by atoms with E-state index in [9.17, 15) is 9.90 Å². The summed E-state index contributed by atoms with van der Waals surface area (Å²) in [5, 5.41) is 12.1. The van der Waals surface area contributed by atoms with Crippen LogP contribution in [0.5, 0.6) is 0 Å². The van der Waals surface area contributed by atoms with Gasteiger partial charge in [0.15, 0.2) is 11.3 Å². The van der Waals surface area contributed by atoms with E-state index in [2.05, 4.69) is 5.43 Å². The molecule has 3 rings (SSSR count). The maximum atomic E-state index is 12.3. The van der Waals surface area contributed by atoms with E-state index in [1.165, 1.54) is 0 Å². The highest BCUT2D eigenvalue weighted by Crippen LogP contribution is 2.39. The molecule has 0 bridgehead atoms. The minimum absolute atomic E-state index is 0.416. The topological polar surface area (TPSA) is 61.8 Å². The minimum Gasteiger partial charge on any atom is -0.436 e. The van der Waals surface area contributed by atoms with E-state index < -0.39 is 17.4 Å². The molecule has 0 radical (unpaired) electrons. The fourth-order valence-corrected chi connectivity index (χ4v) is 2.73. The van der Waals surface area contributed by atoms with Crippen molar-refractivity contribution in [1.29, 1.82) is 0 Å². The van der Waals surface area contributed by atoms with Crippen molar-refractivity contribution in [3.63, 3.8) is 0 Å². The van der Waals surface area contributed by atoms with Crippen LogP contribution in [0.15, 0.2) is 60.7 Å². The highest BCUT2D eigenvalue weighted by molar-refractivity contribution is 5.74. The predicted molar refractivity (Wildman–Crippen MR) is 87.6 cm³/mol. The average molecular weight is 312 g/mol. The molecule has 2 aromatic rings. The van der Waals surface area contributed by atoms with E-state index in [0.29, 0.717) is 12.1 Å². The van der Waals surface area contributed by atoms with Crippen molar-refractivity contribution in [2.45, 2.75) is 31.6 Å². The lowest BCUT2D eigenvalue weighted by molar-refractivity contribution is -0.129. The molecule has 120 valence electrons. The molecule has 1 amide bonds. The summed E-state index contributed by atoms with van der Waals surface area (Å²) in [6.07, 6.45) is -0.184. The maximum absolute atomic E-state index is 12.3. The van der Waals surface area contributed by atoms with Crippen molar-refractivity contribution in [3.05, 3.63) is 66.2 Å². The number of nitrogens with one attached hydrogen (secondary N) is 1. The summed E-state index contributed by atoms with van der Waals surface area (Å²) in [5.41, 5.74) is 2.06. The van der Waals surface area contributed by atoms with Crippen molar-refractivity contribution in [1.82, 2.24) is 5.01 Å². The summed E-state index contributed by atoms with van der Waals surface area (Å²) in [6, 6.07) is 18.9. The van der Waals surface area contributed by atoms with Crippen LogP contribution >= 0.6 is 0 Å². The lowest BCUT2D eigenvalue weighted by atomic mass is 9.87. The van der Waals surface area contributed by atoms with Crippen molar-refractivity contribution in [2.75, 3.05) is 5.43 Å². The lowest BCUT2D eigenvalue weighted by Gasteiger charge is -2.37. The average Bonchev–Trinajstić information content (AvgIpc) is 2.69. The summed E-state index contributed by atoms with van der Waals surface area (Å²) >= 11 is 0. The van der Waals surface area contributed by atoms with E-state index in [0.717, 1.165) is 10.6 Å². The van der Waals surface area contributed by atoms with Gasteiger partial charge in [-0.25, -0.2) is 4.79 Å². The third-order valence-corrected chi connectivity index (χ3v) is 4.33. The van der Waals surface area contributed by atoms with Crippen molar-refractivity contribution in [3.8, 4) is 0 Å². The number of carbonyl (C=O) groups is 1. The molecular formula is C18H20N2O3. The Morgan fingerprint density at radius 3 is 2.22 bits per heavy atom. The van der Waals surface area contributed by atoms with Crippen LogP contribution in [0.4, 0.5) is 10.5 Å². The summed E-state index contributed by atoms with van der Waals surface area (Å²) in [4.78, 5) is 12.3. The standard InChI is InChI=1S/C18H20N2O3/c1-17(13-14-9-5-3-6-10-14)18(2,22)20(16(21)23-17)19-15-11-7-4-8-12-15/h3-12,19,22H,13H2,1-2H3. The van der Waals surface area contributed by atoms with Gasteiger partial charge in [-0.2, -0.15) is 5.01 Å². The second-order valence-corrected chi connectivity index (χ2v) is 6.10. The number of benzene rings is 2. The zero-order chi connectivity index (χ0) is 16.5. The van der Waals surface area contributed by atoms with Crippen molar-refractivity contribution in [2.24, 2.45) is 0 Å². The molecule has 2 unspecified atom stereocenters. The SMILES string of the molecule is CC1(Cc2ccccc2)OC(=O)N(Nc2ccccc2)C1(C)O. The van der Waals surface area contributed by atoms with Crippen molar-refractivity contribution >= 4 is 11.8 Å². The van der Waals surface area contributed by atoms with Gasteiger partial charge in [0.1, 0.15) is 0 Å². The Balaban J connectivity index is 1.85. The number of amides is 1. The van der Waals surface area contributed by atoms with Crippen LogP contribution in [0.2, 0.25) is 0 Å². The normalized spacial score (nSPS) is 26.9. The van der Waals surface area contributed by atoms with Gasteiger partial charge in [0, 0.05) is 6.42 Å². The largest absolute Gasteiger partial charge is 0.436 e. The van der Waals surface area contributed by atoms with E-state index in [1.54, 1.807) is 13.8 Å². The predicted octanol–water partition coefficient (Wildman–Crippen LogP) is 3.18. The lowest BCUT2D eigenvalue weighted by Crippen LogP contribution is -2.57. The van der Waals surface area contributed by atoms with E-state index >= 15 is 0 Å². The summed E-state index contributed by atoms with van der Waals surface area (Å²) in [5.74, 6) is 0. The van der Waals surface area contributed by atoms with Gasteiger partial charge in [0.25, 0.3) is 0 Å².